The highest BCUT2D eigenvalue weighted by molar-refractivity contribution is 6.30. The highest BCUT2D eigenvalue weighted by Crippen LogP contribution is 2.19. The van der Waals surface area contributed by atoms with Gasteiger partial charge in [0.05, 0.1) is 0 Å². The summed E-state index contributed by atoms with van der Waals surface area (Å²) in [5, 5.41) is 3.11. The Balaban J connectivity index is 1.98. The Labute approximate surface area is 121 Å². The molecule has 0 aliphatic rings. The molecule has 1 atom stereocenters. The summed E-state index contributed by atoms with van der Waals surface area (Å²) >= 11 is 5.83. The second-order valence-corrected chi connectivity index (χ2v) is 4.65. The standard InChI is InChI=1S/C15H13ClFNO2/c1-10(20-14-7-2-4-11(16)8-14)15(19)18-13-6-3-5-12(17)9-13/h2-10H,1H3,(H,18,19)/t10-/m1/s1. The van der Waals surface area contributed by atoms with Gasteiger partial charge in [-0.2, -0.15) is 0 Å². The molecule has 0 bridgehead atoms. The molecule has 0 aliphatic heterocycles. The average Bonchev–Trinajstić information content (AvgIpc) is 2.38. The van der Waals surface area contributed by atoms with Crippen LogP contribution in [0.4, 0.5) is 10.1 Å². The summed E-state index contributed by atoms with van der Waals surface area (Å²) in [5.41, 5.74) is 0.386. The van der Waals surface area contributed by atoms with Crippen molar-refractivity contribution in [3.05, 3.63) is 59.4 Å². The maximum atomic E-state index is 13.0. The summed E-state index contributed by atoms with van der Waals surface area (Å²) in [4.78, 5) is 11.9. The summed E-state index contributed by atoms with van der Waals surface area (Å²) in [6, 6.07) is 12.4. The van der Waals surface area contributed by atoms with E-state index in [2.05, 4.69) is 5.32 Å². The summed E-state index contributed by atoms with van der Waals surface area (Å²) in [6.45, 7) is 1.61. The molecule has 20 heavy (non-hydrogen) atoms. The molecule has 104 valence electrons. The van der Waals surface area contributed by atoms with Crippen molar-refractivity contribution in [2.45, 2.75) is 13.0 Å². The lowest BCUT2D eigenvalue weighted by Gasteiger charge is -2.14. The van der Waals surface area contributed by atoms with Gasteiger partial charge in [-0.1, -0.05) is 23.7 Å². The molecule has 0 aromatic heterocycles. The van der Waals surface area contributed by atoms with Gasteiger partial charge < -0.3 is 10.1 Å². The van der Waals surface area contributed by atoms with Gasteiger partial charge in [-0.3, -0.25) is 4.79 Å². The van der Waals surface area contributed by atoms with Gasteiger partial charge in [0.2, 0.25) is 0 Å². The van der Waals surface area contributed by atoms with Gasteiger partial charge in [0.1, 0.15) is 11.6 Å². The molecular formula is C15H13ClFNO2. The van der Waals surface area contributed by atoms with Crippen LogP contribution in [0.3, 0.4) is 0 Å². The zero-order chi connectivity index (χ0) is 14.5. The monoisotopic (exact) mass is 293 g/mol. The third-order valence-electron chi connectivity index (χ3n) is 2.57. The van der Waals surface area contributed by atoms with E-state index in [0.717, 1.165) is 0 Å². The largest absolute Gasteiger partial charge is 0.481 e. The maximum absolute atomic E-state index is 13.0. The van der Waals surface area contributed by atoms with Crippen molar-refractivity contribution in [3.8, 4) is 5.75 Å². The Kier molecular flexibility index (Phi) is 4.58. The second-order valence-electron chi connectivity index (χ2n) is 4.22. The lowest BCUT2D eigenvalue weighted by molar-refractivity contribution is -0.122. The van der Waals surface area contributed by atoms with Crippen LogP contribution in [0.25, 0.3) is 0 Å². The van der Waals surface area contributed by atoms with E-state index in [9.17, 15) is 9.18 Å². The second kappa shape index (κ2) is 6.39. The fourth-order valence-corrected chi connectivity index (χ4v) is 1.79. The van der Waals surface area contributed by atoms with E-state index < -0.39 is 11.9 Å². The number of hydrogen-bond donors (Lipinski definition) is 1. The van der Waals surface area contributed by atoms with Crippen molar-refractivity contribution in [3.63, 3.8) is 0 Å². The Hall–Kier alpha value is -2.07. The Morgan fingerprint density at radius 2 is 2.00 bits per heavy atom. The first-order chi connectivity index (χ1) is 9.54. The number of carbonyl (C=O) groups excluding carboxylic acids is 1. The molecule has 0 aliphatic carbocycles. The number of amides is 1. The number of anilines is 1. The molecule has 0 saturated carbocycles. The van der Waals surface area contributed by atoms with E-state index in [1.807, 2.05) is 0 Å². The van der Waals surface area contributed by atoms with Crippen LogP contribution in [0.1, 0.15) is 6.92 Å². The van der Waals surface area contributed by atoms with Gasteiger partial charge in [-0.25, -0.2) is 4.39 Å². The zero-order valence-electron chi connectivity index (χ0n) is 10.8. The third kappa shape index (κ3) is 3.96. The first-order valence-corrected chi connectivity index (χ1v) is 6.41. The molecule has 2 rings (SSSR count). The third-order valence-corrected chi connectivity index (χ3v) is 2.81. The van der Waals surface area contributed by atoms with Gasteiger partial charge in [-0.05, 0) is 43.3 Å². The van der Waals surface area contributed by atoms with E-state index >= 15 is 0 Å². The van der Waals surface area contributed by atoms with Crippen LogP contribution < -0.4 is 10.1 Å². The highest BCUT2D eigenvalue weighted by atomic mass is 35.5. The molecule has 0 spiro atoms. The predicted molar refractivity (Wildman–Crippen MR) is 76.6 cm³/mol. The number of nitrogens with one attached hydrogen (secondary N) is 1. The number of hydrogen-bond acceptors (Lipinski definition) is 2. The van der Waals surface area contributed by atoms with E-state index in [0.29, 0.717) is 16.5 Å². The van der Waals surface area contributed by atoms with Crippen molar-refractivity contribution >= 4 is 23.2 Å². The molecule has 0 unspecified atom stereocenters. The van der Waals surface area contributed by atoms with Crippen molar-refractivity contribution in [2.24, 2.45) is 0 Å². The van der Waals surface area contributed by atoms with Crippen LogP contribution >= 0.6 is 11.6 Å². The molecule has 0 saturated heterocycles. The molecule has 3 nitrogen and oxygen atoms in total. The van der Waals surface area contributed by atoms with Crippen molar-refractivity contribution in [1.29, 1.82) is 0 Å². The lowest BCUT2D eigenvalue weighted by atomic mass is 10.3. The highest BCUT2D eigenvalue weighted by Gasteiger charge is 2.15. The van der Waals surface area contributed by atoms with Gasteiger partial charge in [0.15, 0.2) is 6.10 Å². The summed E-state index contributed by atoms with van der Waals surface area (Å²) in [6.07, 6.45) is -0.725. The van der Waals surface area contributed by atoms with Crippen molar-refractivity contribution in [2.75, 3.05) is 5.32 Å². The molecule has 2 aromatic carbocycles. The number of ether oxygens (including phenoxy) is 1. The summed E-state index contributed by atoms with van der Waals surface area (Å²) in [5.74, 6) is -0.277. The quantitative estimate of drug-likeness (QED) is 0.929. The molecule has 5 heteroatoms. The smallest absolute Gasteiger partial charge is 0.265 e. The topological polar surface area (TPSA) is 38.3 Å². The predicted octanol–water partition coefficient (Wildman–Crippen LogP) is 3.89. The SMILES string of the molecule is C[C@@H](Oc1cccc(Cl)c1)C(=O)Nc1cccc(F)c1. The van der Waals surface area contributed by atoms with E-state index in [4.69, 9.17) is 16.3 Å². The molecule has 2 aromatic rings. The fourth-order valence-electron chi connectivity index (χ4n) is 1.61. The van der Waals surface area contributed by atoms with Crippen LogP contribution in [-0.4, -0.2) is 12.0 Å². The van der Waals surface area contributed by atoms with Crippen molar-refractivity contribution in [1.82, 2.24) is 0 Å². The van der Waals surface area contributed by atoms with Crippen LogP contribution in [0.5, 0.6) is 5.75 Å². The molecule has 0 heterocycles. The molecular weight excluding hydrogens is 281 g/mol. The zero-order valence-corrected chi connectivity index (χ0v) is 11.5. The van der Waals surface area contributed by atoms with Crippen LogP contribution in [0.15, 0.2) is 48.5 Å². The minimum absolute atomic E-state index is 0.365. The van der Waals surface area contributed by atoms with Crippen LogP contribution in [-0.2, 0) is 4.79 Å². The minimum Gasteiger partial charge on any atom is -0.481 e. The summed E-state index contributed by atoms with van der Waals surface area (Å²) < 4.78 is 18.5. The Bertz CT molecular complexity index is 618. The Morgan fingerprint density at radius 1 is 1.25 bits per heavy atom. The van der Waals surface area contributed by atoms with E-state index in [1.165, 1.54) is 18.2 Å². The fraction of sp³-hybridized carbons (Fsp3) is 0.133. The van der Waals surface area contributed by atoms with Gasteiger partial charge in [0.25, 0.3) is 5.91 Å². The first kappa shape index (κ1) is 14.3. The van der Waals surface area contributed by atoms with Crippen LogP contribution in [0.2, 0.25) is 5.02 Å². The molecule has 1 amide bonds. The van der Waals surface area contributed by atoms with E-state index in [1.54, 1.807) is 37.3 Å². The normalized spacial score (nSPS) is 11.8. The van der Waals surface area contributed by atoms with Gasteiger partial charge in [0, 0.05) is 10.7 Å². The lowest BCUT2D eigenvalue weighted by Crippen LogP contribution is -2.30. The molecule has 0 radical (unpaired) electrons. The first-order valence-electron chi connectivity index (χ1n) is 6.03. The Morgan fingerprint density at radius 3 is 2.70 bits per heavy atom. The minimum atomic E-state index is -0.725. The average molecular weight is 294 g/mol. The molecule has 0 fully saturated rings. The van der Waals surface area contributed by atoms with Crippen LogP contribution in [0, 0.1) is 5.82 Å². The maximum Gasteiger partial charge on any atom is 0.265 e. The number of benzene rings is 2. The van der Waals surface area contributed by atoms with Gasteiger partial charge >= 0.3 is 0 Å². The van der Waals surface area contributed by atoms with E-state index in [-0.39, 0.29) is 5.91 Å². The van der Waals surface area contributed by atoms with Gasteiger partial charge in [-0.15, -0.1) is 0 Å². The number of rotatable bonds is 4. The number of halogens is 2. The number of carbonyl (C=O) groups is 1. The summed E-state index contributed by atoms with van der Waals surface area (Å²) in [7, 11) is 0. The van der Waals surface area contributed by atoms with Crippen molar-refractivity contribution < 1.29 is 13.9 Å². The molecule has 1 N–H and O–H groups in total.